The molecule has 7 nitrogen and oxygen atoms in total. The van der Waals surface area contributed by atoms with Gasteiger partial charge in [-0.05, 0) is 18.6 Å². The molecule has 25 heavy (non-hydrogen) atoms. The van der Waals surface area contributed by atoms with Crippen LogP contribution in [-0.2, 0) is 16.6 Å². The highest BCUT2D eigenvalue weighted by Crippen LogP contribution is 2.19. The van der Waals surface area contributed by atoms with E-state index < -0.39 is 26.2 Å². The molecule has 1 heterocycles. The average molecular weight is 365 g/mol. The lowest BCUT2D eigenvalue weighted by Gasteiger charge is -2.19. The van der Waals surface area contributed by atoms with Crippen molar-refractivity contribution >= 4 is 15.7 Å². The number of hydrogen-bond acceptors (Lipinski definition) is 4. The first kappa shape index (κ1) is 19.0. The predicted octanol–water partition coefficient (Wildman–Crippen LogP) is 1.94. The monoisotopic (exact) mass is 365 g/mol. The van der Waals surface area contributed by atoms with Gasteiger partial charge in [-0.3, -0.25) is 18.7 Å². The van der Waals surface area contributed by atoms with Crippen LogP contribution in [0.4, 0.5) is 5.69 Å². The summed E-state index contributed by atoms with van der Waals surface area (Å²) >= 11 is 0. The Morgan fingerprint density at radius 3 is 2.40 bits per heavy atom. The fourth-order valence-electron chi connectivity index (χ4n) is 2.47. The average Bonchev–Trinajstić information content (AvgIpc) is 2.60. The Bertz CT molecular complexity index is 917. The van der Waals surface area contributed by atoms with Gasteiger partial charge in [0.1, 0.15) is 0 Å². The highest BCUT2D eigenvalue weighted by Gasteiger charge is 2.25. The van der Waals surface area contributed by atoms with E-state index in [-0.39, 0.29) is 0 Å². The standard InChI is InChI=1S/C17H23N3O4S/c1-3-4-5-9-12-20-13-15(16(21)18-17(20)22)25(23,24)19(2)14-10-7-6-8-11-14/h6-8,10-11,13H,3-5,9,12H2,1-2H3,(H,18,21,22). The zero-order chi connectivity index (χ0) is 18.4. The fourth-order valence-corrected chi connectivity index (χ4v) is 3.71. The number of aromatic amines is 1. The summed E-state index contributed by atoms with van der Waals surface area (Å²) in [7, 11) is -2.69. The first-order valence-electron chi connectivity index (χ1n) is 8.25. The van der Waals surface area contributed by atoms with Gasteiger partial charge < -0.3 is 0 Å². The van der Waals surface area contributed by atoms with Crippen LogP contribution in [0.25, 0.3) is 0 Å². The van der Waals surface area contributed by atoms with Crippen molar-refractivity contribution in [1.29, 1.82) is 0 Å². The number of aryl methyl sites for hydroxylation is 1. The molecule has 0 atom stereocenters. The van der Waals surface area contributed by atoms with E-state index in [1.165, 1.54) is 11.6 Å². The number of rotatable bonds is 8. The molecule has 2 aromatic rings. The minimum Gasteiger partial charge on any atom is -0.299 e. The molecule has 0 aliphatic heterocycles. The number of hydrogen-bond donors (Lipinski definition) is 1. The van der Waals surface area contributed by atoms with Gasteiger partial charge in [-0.25, -0.2) is 13.2 Å². The topological polar surface area (TPSA) is 92.2 Å². The van der Waals surface area contributed by atoms with Crippen molar-refractivity contribution in [2.45, 2.75) is 44.0 Å². The number of nitrogens with one attached hydrogen (secondary N) is 1. The van der Waals surface area contributed by atoms with Crippen LogP contribution in [0.15, 0.2) is 51.0 Å². The largest absolute Gasteiger partial charge is 0.328 e. The Labute approximate surface area is 147 Å². The normalized spacial score (nSPS) is 11.4. The van der Waals surface area contributed by atoms with E-state index in [0.717, 1.165) is 36.2 Å². The number of benzene rings is 1. The number of sulfonamides is 1. The van der Waals surface area contributed by atoms with Gasteiger partial charge in [-0.1, -0.05) is 44.4 Å². The first-order valence-corrected chi connectivity index (χ1v) is 9.69. The summed E-state index contributed by atoms with van der Waals surface area (Å²) < 4.78 is 27.9. The SMILES string of the molecule is CCCCCCn1cc(S(=O)(=O)N(C)c2ccccc2)c(=O)[nH]c1=O. The van der Waals surface area contributed by atoms with E-state index in [0.29, 0.717) is 12.2 Å². The smallest absolute Gasteiger partial charge is 0.299 e. The highest BCUT2D eigenvalue weighted by atomic mass is 32.2. The Morgan fingerprint density at radius 2 is 1.76 bits per heavy atom. The molecule has 136 valence electrons. The zero-order valence-corrected chi connectivity index (χ0v) is 15.3. The van der Waals surface area contributed by atoms with Crippen molar-refractivity contribution in [3.05, 3.63) is 57.4 Å². The Morgan fingerprint density at radius 1 is 1.08 bits per heavy atom. The molecule has 8 heteroatoms. The van der Waals surface area contributed by atoms with Crippen molar-refractivity contribution in [3.8, 4) is 0 Å². The van der Waals surface area contributed by atoms with Crippen molar-refractivity contribution < 1.29 is 8.42 Å². The minimum absolute atomic E-state index is 0.368. The van der Waals surface area contributed by atoms with Crippen LogP contribution in [0.2, 0.25) is 0 Å². The molecule has 1 aromatic carbocycles. The zero-order valence-electron chi connectivity index (χ0n) is 14.4. The third-order valence-electron chi connectivity index (χ3n) is 3.99. The second-order valence-corrected chi connectivity index (χ2v) is 7.75. The van der Waals surface area contributed by atoms with Crippen LogP contribution in [-0.4, -0.2) is 25.0 Å². The fraction of sp³-hybridized carbons (Fsp3) is 0.412. The lowest BCUT2D eigenvalue weighted by molar-refractivity contribution is 0.548. The maximum atomic E-state index is 12.8. The van der Waals surface area contributed by atoms with Gasteiger partial charge in [-0.15, -0.1) is 0 Å². The Balaban J connectivity index is 2.37. The van der Waals surface area contributed by atoms with Gasteiger partial charge in [-0.2, -0.15) is 0 Å². The second kappa shape index (κ2) is 8.15. The van der Waals surface area contributed by atoms with E-state index in [9.17, 15) is 18.0 Å². The van der Waals surface area contributed by atoms with Gasteiger partial charge in [0.2, 0.25) is 0 Å². The molecule has 0 spiro atoms. The van der Waals surface area contributed by atoms with Crippen LogP contribution in [0.1, 0.15) is 32.6 Å². The summed E-state index contributed by atoms with van der Waals surface area (Å²) in [6, 6.07) is 8.45. The molecule has 0 aliphatic rings. The molecule has 1 N–H and O–H groups in total. The molecule has 0 unspecified atom stereocenters. The Kier molecular flexibility index (Phi) is 6.19. The summed E-state index contributed by atoms with van der Waals surface area (Å²) in [5.41, 5.74) is -1.07. The molecule has 2 rings (SSSR count). The summed E-state index contributed by atoms with van der Waals surface area (Å²) in [5, 5.41) is 0. The number of unbranched alkanes of at least 4 members (excludes halogenated alkanes) is 3. The highest BCUT2D eigenvalue weighted by molar-refractivity contribution is 7.92. The summed E-state index contributed by atoms with van der Waals surface area (Å²) in [6.45, 7) is 2.45. The van der Waals surface area contributed by atoms with Crippen molar-refractivity contribution in [2.75, 3.05) is 11.4 Å². The van der Waals surface area contributed by atoms with Gasteiger partial charge in [0.05, 0.1) is 5.69 Å². The Hall–Kier alpha value is -2.35. The van der Waals surface area contributed by atoms with Crippen molar-refractivity contribution in [3.63, 3.8) is 0 Å². The number of para-hydroxylation sites is 1. The molecule has 0 saturated carbocycles. The number of anilines is 1. The molecule has 0 bridgehead atoms. The lowest BCUT2D eigenvalue weighted by Crippen LogP contribution is -2.37. The van der Waals surface area contributed by atoms with Crippen LogP contribution in [0.5, 0.6) is 0 Å². The number of aromatic nitrogens is 2. The molecule has 0 saturated heterocycles. The number of H-pyrrole nitrogens is 1. The molecule has 0 amide bonds. The minimum atomic E-state index is -4.07. The lowest BCUT2D eigenvalue weighted by atomic mass is 10.2. The van der Waals surface area contributed by atoms with Crippen LogP contribution >= 0.6 is 0 Å². The van der Waals surface area contributed by atoms with Gasteiger partial charge >= 0.3 is 5.69 Å². The molecule has 0 radical (unpaired) electrons. The predicted molar refractivity (Wildman–Crippen MR) is 97.5 cm³/mol. The van der Waals surface area contributed by atoms with Crippen molar-refractivity contribution in [2.24, 2.45) is 0 Å². The molecule has 0 aliphatic carbocycles. The second-order valence-electron chi connectivity index (χ2n) is 5.81. The third-order valence-corrected chi connectivity index (χ3v) is 5.77. The molecular weight excluding hydrogens is 342 g/mol. The van der Waals surface area contributed by atoms with E-state index in [1.807, 2.05) is 0 Å². The number of nitrogens with zero attached hydrogens (tertiary/aromatic N) is 2. The molecule has 1 aromatic heterocycles. The maximum absolute atomic E-state index is 12.8. The summed E-state index contributed by atoms with van der Waals surface area (Å²) in [6.07, 6.45) is 4.92. The van der Waals surface area contributed by atoms with Gasteiger partial charge in [0.15, 0.2) is 4.90 Å². The van der Waals surface area contributed by atoms with E-state index in [1.54, 1.807) is 30.3 Å². The third kappa shape index (κ3) is 4.39. The van der Waals surface area contributed by atoms with Gasteiger partial charge in [0, 0.05) is 19.8 Å². The maximum Gasteiger partial charge on any atom is 0.328 e. The molecule has 0 fully saturated rings. The van der Waals surface area contributed by atoms with E-state index in [2.05, 4.69) is 11.9 Å². The van der Waals surface area contributed by atoms with Crippen molar-refractivity contribution in [1.82, 2.24) is 9.55 Å². The van der Waals surface area contributed by atoms with E-state index >= 15 is 0 Å². The van der Waals surface area contributed by atoms with Crippen LogP contribution in [0, 0.1) is 0 Å². The van der Waals surface area contributed by atoms with Crippen LogP contribution in [0.3, 0.4) is 0 Å². The summed E-state index contributed by atoms with van der Waals surface area (Å²) in [5.74, 6) is 0. The van der Waals surface area contributed by atoms with Gasteiger partial charge in [0.25, 0.3) is 15.6 Å². The quantitative estimate of drug-likeness (QED) is 0.724. The van der Waals surface area contributed by atoms with Crippen LogP contribution < -0.4 is 15.6 Å². The van der Waals surface area contributed by atoms with E-state index in [4.69, 9.17) is 0 Å². The molecular formula is C17H23N3O4S. The summed E-state index contributed by atoms with van der Waals surface area (Å²) in [4.78, 5) is 25.7. The first-order chi connectivity index (χ1) is 11.9.